The minimum absolute atomic E-state index is 0.435. The highest BCUT2D eigenvalue weighted by molar-refractivity contribution is 7.17. The first-order chi connectivity index (χ1) is 11.2. The predicted octanol–water partition coefficient (Wildman–Crippen LogP) is 3.22. The number of rotatable bonds is 3. The van der Waals surface area contributed by atoms with E-state index in [1.165, 1.54) is 4.70 Å². The van der Waals surface area contributed by atoms with E-state index in [-0.39, 0.29) is 0 Å². The van der Waals surface area contributed by atoms with E-state index in [4.69, 9.17) is 10.7 Å². The molecule has 23 heavy (non-hydrogen) atoms. The van der Waals surface area contributed by atoms with Crippen LogP contribution in [0.4, 0.5) is 0 Å². The molecule has 0 aromatic carbocycles. The summed E-state index contributed by atoms with van der Waals surface area (Å²) in [6.07, 6.45) is 5.60. The monoisotopic (exact) mass is 321 g/mol. The average Bonchev–Trinajstić information content (AvgIpc) is 3.20. The van der Waals surface area contributed by atoms with Crippen molar-refractivity contribution in [3.63, 3.8) is 0 Å². The van der Waals surface area contributed by atoms with Gasteiger partial charge in [-0.2, -0.15) is 5.10 Å². The molecule has 0 spiro atoms. The zero-order valence-electron chi connectivity index (χ0n) is 12.6. The van der Waals surface area contributed by atoms with Gasteiger partial charge in [-0.05, 0) is 29.8 Å². The van der Waals surface area contributed by atoms with Crippen molar-refractivity contribution in [3.8, 4) is 22.4 Å². The summed E-state index contributed by atoms with van der Waals surface area (Å²) >= 11 is 1.70. The van der Waals surface area contributed by atoms with Gasteiger partial charge in [0.2, 0.25) is 0 Å². The predicted molar refractivity (Wildman–Crippen MR) is 92.9 cm³/mol. The van der Waals surface area contributed by atoms with E-state index in [2.05, 4.69) is 21.5 Å². The summed E-state index contributed by atoms with van der Waals surface area (Å²) in [6, 6.07) is 8.18. The normalized spacial score (nSPS) is 11.2. The Hall–Kier alpha value is -2.57. The van der Waals surface area contributed by atoms with Crippen molar-refractivity contribution in [2.75, 3.05) is 0 Å². The van der Waals surface area contributed by atoms with Crippen molar-refractivity contribution in [1.82, 2.24) is 19.7 Å². The molecule has 2 N–H and O–H groups in total. The molecule has 0 saturated carbocycles. The Kier molecular flexibility index (Phi) is 3.40. The highest BCUT2D eigenvalue weighted by Gasteiger charge is 2.11. The van der Waals surface area contributed by atoms with Crippen molar-refractivity contribution >= 4 is 21.6 Å². The third-order valence-corrected chi connectivity index (χ3v) is 4.69. The molecule has 0 amide bonds. The number of aryl methyl sites for hydroxylation is 1. The molecule has 0 aliphatic heterocycles. The number of aromatic nitrogens is 4. The molecule has 0 saturated heterocycles. The van der Waals surface area contributed by atoms with Crippen LogP contribution in [0.5, 0.6) is 0 Å². The molecule has 4 rings (SSSR count). The SMILES string of the molecule is Cn1cc(-c2ccc3scc(-c4ccnc(CN)c4)c3n2)cn1. The van der Waals surface area contributed by atoms with Crippen LogP contribution in [0.3, 0.4) is 0 Å². The lowest BCUT2D eigenvalue weighted by molar-refractivity contribution is 0.768. The van der Waals surface area contributed by atoms with Crippen molar-refractivity contribution in [2.45, 2.75) is 6.54 Å². The van der Waals surface area contributed by atoms with Gasteiger partial charge in [-0.15, -0.1) is 11.3 Å². The van der Waals surface area contributed by atoms with Gasteiger partial charge >= 0.3 is 0 Å². The van der Waals surface area contributed by atoms with Gasteiger partial charge in [-0.1, -0.05) is 0 Å². The van der Waals surface area contributed by atoms with Gasteiger partial charge in [0.05, 0.1) is 27.8 Å². The average molecular weight is 321 g/mol. The summed E-state index contributed by atoms with van der Waals surface area (Å²) in [4.78, 5) is 9.12. The van der Waals surface area contributed by atoms with Gasteiger partial charge < -0.3 is 5.73 Å². The molecule has 4 aromatic rings. The highest BCUT2D eigenvalue weighted by Crippen LogP contribution is 2.34. The number of hydrogen-bond donors (Lipinski definition) is 1. The van der Waals surface area contributed by atoms with Crippen LogP contribution in [-0.4, -0.2) is 19.7 Å². The number of thiophene rings is 1. The maximum atomic E-state index is 5.70. The molecule has 0 aliphatic carbocycles. The number of hydrogen-bond acceptors (Lipinski definition) is 5. The maximum absolute atomic E-state index is 5.70. The van der Waals surface area contributed by atoms with E-state index in [9.17, 15) is 0 Å². The van der Waals surface area contributed by atoms with Crippen LogP contribution in [0.2, 0.25) is 0 Å². The van der Waals surface area contributed by atoms with Crippen molar-refractivity contribution in [2.24, 2.45) is 12.8 Å². The van der Waals surface area contributed by atoms with Crippen molar-refractivity contribution in [1.29, 1.82) is 0 Å². The van der Waals surface area contributed by atoms with Crippen LogP contribution in [0, 0.1) is 0 Å². The smallest absolute Gasteiger partial charge is 0.0895 e. The topological polar surface area (TPSA) is 69.6 Å². The van der Waals surface area contributed by atoms with Crippen LogP contribution >= 0.6 is 11.3 Å². The maximum Gasteiger partial charge on any atom is 0.0895 e. The Morgan fingerprint density at radius 1 is 1.22 bits per heavy atom. The number of nitrogens with zero attached hydrogens (tertiary/aromatic N) is 4. The summed E-state index contributed by atoms with van der Waals surface area (Å²) in [7, 11) is 1.91. The molecule has 0 atom stereocenters. The quantitative estimate of drug-likeness (QED) is 0.629. The van der Waals surface area contributed by atoms with Crippen molar-refractivity contribution in [3.05, 3.63) is 53.9 Å². The third-order valence-electron chi connectivity index (χ3n) is 3.75. The minimum Gasteiger partial charge on any atom is -0.325 e. The molecule has 0 aliphatic rings. The van der Waals surface area contributed by atoms with E-state index in [1.807, 2.05) is 37.6 Å². The Morgan fingerprint density at radius 3 is 2.91 bits per heavy atom. The van der Waals surface area contributed by atoms with E-state index >= 15 is 0 Å². The standard InChI is InChI=1S/C17H15N5S/c1-22-9-12(8-20-22)15-2-3-16-17(21-15)14(10-23-16)11-4-5-19-13(6-11)7-18/h2-6,8-10H,7,18H2,1H3. The molecular formula is C17H15N5S. The van der Waals surface area contributed by atoms with E-state index in [0.717, 1.165) is 33.6 Å². The van der Waals surface area contributed by atoms with Gasteiger partial charge in [0.15, 0.2) is 0 Å². The van der Waals surface area contributed by atoms with Crippen LogP contribution in [-0.2, 0) is 13.6 Å². The minimum atomic E-state index is 0.435. The van der Waals surface area contributed by atoms with Gasteiger partial charge in [0.25, 0.3) is 0 Å². The van der Waals surface area contributed by atoms with Crippen LogP contribution < -0.4 is 5.73 Å². The lowest BCUT2D eigenvalue weighted by atomic mass is 10.1. The molecule has 6 heteroatoms. The Labute approximate surface area is 137 Å². The van der Waals surface area contributed by atoms with E-state index in [0.29, 0.717) is 6.54 Å². The van der Waals surface area contributed by atoms with Gasteiger partial charge in [-0.25, -0.2) is 4.98 Å². The molecular weight excluding hydrogens is 306 g/mol. The first-order valence-corrected chi connectivity index (χ1v) is 8.15. The highest BCUT2D eigenvalue weighted by atomic mass is 32.1. The fraction of sp³-hybridized carbons (Fsp3) is 0.118. The summed E-state index contributed by atoms with van der Waals surface area (Å²) in [5.41, 5.74) is 11.8. The molecule has 0 fully saturated rings. The summed E-state index contributed by atoms with van der Waals surface area (Å²) < 4.78 is 2.95. The lowest BCUT2D eigenvalue weighted by Crippen LogP contribution is -1.98. The second kappa shape index (κ2) is 5.57. The molecule has 5 nitrogen and oxygen atoms in total. The zero-order valence-corrected chi connectivity index (χ0v) is 13.4. The van der Waals surface area contributed by atoms with Gasteiger partial charge in [-0.3, -0.25) is 9.67 Å². The molecule has 0 bridgehead atoms. The lowest BCUT2D eigenvalue weighted by Gasteiger charge is -2.03. The van der Waals surface area contributed by atoms with Crippen molar-refractivity contribution < 1.29 is 0 Å². The van der Waals surface area contributed by atoms with Crippen LogP contribution in [0.1, 0.15) is 5.69 Å². The fourth-order valence-electron chi connectivity index (χ4n) is 2.59. The first-order valence-electron chi connectivity index (χ1n) is 7.27. The Morgan fingerprint density at radius 2 is 2.13 bits per heavy atom. The summed E-state index contributed by atoms with van der Waals surface area (Å²) in [6.45, 7) is 0.435. The molecule has 0 unspecified atom stereocenters. The number of fused-ring (bicyclic) bond motifs is 1. The van der Waals surface area contributed by atoms with E-state index < -0.39 is 0 Å². The van der Waals surface area contributed by atoms with Gasteiger partial charge in [0, 0.05) is 42.5 Å². The van der Waals surface area contributed by atoms with E-state index in [1.54, 1.807) is 22.2 Å². The Balaban J connectivity index is 1.87. The number of pyridine rings is 2. The van der Waals surface area contributed by atoms with Gasteiger partial charge in [0.1, 0.15) is 0 Å². The largest absolute Gasteiger partial charge is 0.325 e. The third kappa shape index (κ3) is 2.52. The molecule has 4 aromatic heterocycles. The Bertz CT molecular complexity index is 985. The second-order valence-corrected chi connectivity index (χ2v) is 6.25. The second-order valence-electron chi connectivity index (χ2n) is 5.34. The van der Waals surface area contributed by atoms with Crippen LogP contribution in [0.25, 0.3) is 32.6 Å². The zero-order chi connectivity index (χ0) is 15.8. The molecule has 114 valence electrons. The summed E-state index contributed by atoms with van der Waals surface area (Å²) in [5.74, 6) is 0. The molecule has 0 radical (unpaired) electrons. The first kappa shape index (κ1) is 14.0. The summed E-state index contributed by atoms with van der Waals surface area (Å²) in [5, 5.41) is 6.36. The van der Waals surface area contributed by atoms with Crippen LogP contribution in [0.15, 0.2) is 48.2 Å². The fourth-order valence-corrected chi connectivity index (χ4v) is 3.50. The molecule has 4 heterocycles. The number of nitrogens with two attached hydrogens (primary N) is 1.